The number of benzene rings is 1. The van der Waals surface area contributed by atoms with Crippen molar-refractivity contribution in [2.24, 2.45) is 0 Å². The highest BCUT2D eigenvalue weighted by Gasteiger charge is 2.25. The van der Waals surface area contributed by atoms with Crippen molar-refractivity contribution in [3.05, 3.63) is 32.5 Å². The van der Waals surface area contributed by atoms with Crippen LogP contribution in [-0.4, -0.2) is 30.6 Å². The smallest absolute Gasteiger partial charge is 0.293 e. The van der Waals surface area contributed by atoms with Gasteiger partial charge in [0.1, 0.15) is 11.5 Å². The summed E-state index contributed by atoms with van der Waals surface area (Å²) in [4.78, 5) is 12.7. The quantitative estimate of drug-likeness (QED) is 0.624. The molecule has 0 aromatic heterocycles. The molecule has 1 saturated heterocycles. The van der Waals surface area contributed by atoms with Gasteiger partial charge in [0, 0.05) is 31.3 Å². The summed E-state index contributed by atoms with van der Waals surface area (Å²) < 4.78 is 13.9. The molecule has 21 heavy (non-hydrogen) atoms. The van der Waals surface area contributed by atoms with Crippen LogP contribution in [-0.2, 0) is 0 Å². The molecule has 1 aromatic carbocycles. The van der Waals surface area contributed by atoms with Gasteiger partial charge in [-0.2, -0.15) is 0 Å². The lowest BCUT2D eigenvalue weighted by atomic mass is 10.1. The molecule has 0 saturated carbocycles. The zero-order chi connectivity index (χ0) is 15.4. The van der Waals surface area contributed by atoms with E-state index in [0.29, 0.717) is 24.8 Å². The lowest BCUT2D eigenvalue weighted by Crippen LogP contribution is -2.38. The predicted molar refractivity (Wildman–Crippen MR) is 84.3 cm³/mol. The molecule has 1 unspecified atom stereocenters. The van der Waals surface area contributed by atoms with Crippen LogP contribution in [0.4, 0.5) is 15.8 Å². The van der Waals surface area contributed by atoms with Gasteiger partial charge in [-0.15, -0.1) is 0 Å². The Bertz CT molecular complexity index is 521. The minimum absolute atomic E-state index is 0.0604. The number of hydrogen-bond donors (Lipinski definition) is 1. The first kappa shape index (κ1) is 16.2. The second-order valence-electron chi connectivity index (χ2n) is 5.25. The topological polar surface area (TPSA) is 58.4 Å². The number of halogens is 2. The first-order valence-corrected chi connectivity index (χ1v) is 7.94. The summed E-state index contributed by atoms with van der Waals surface area (Å²) in [6, 6.07) is 2.81. The zero-order valence-corrected chi connectivity index (χ0v) is 13.5. The van der Waals surface area contributed by atoms with Crippen molar-refractivity contribution >= 4 is 27.3 Å². The molecule has 0 bridgehead atoms. The summed E-state index contributed by atoms with van der Waals surface area (Å²) >= 11 is 3.01. The van der Waals surface area contributed by atoms with E-state index in [4.69, 9.17) is 0 Å². The fraction of sp³-hybridized carbons (Fsp3) is 0.571. The molecule has 0 aliphatic carbocycles. The third kappa shape index (κ3) is 3.91. The highest BCUT2D eigenvalue weighted by atomic mass is 79.9. The standard InChI is InChI=1S/C14H19BrFN3O2/c1-2-6-18(9-10-4-3-5-17-10)13-8-12(16)11(15)7-14(13)19(20)21/h7-8,10,17H,2-6,9H2,1H3. The largest absolute Gasteiger partial charge is 0.364 e. The van der Waals surface area contributed by atoms with E-state index in [9.17, 15) is 14.5 Å². The van der Waals surface area contributed by atoms with Crippen LogP contribution in [0.1, 0.15) is 26.2 Å². The van der Waals surface area contributed by atoms with E-state index in [2.05, 4.69) is 21.2 Å². The van der Waals surface area contributed by atoms with Crippen LogP contribution in [0.2, 0.25) is 0 Å². The van der Waals surface area contributed by atoms with Crippen LogP contribution in [0, 0.1) is 15.9 Å². The summed E-state index contributed by atoms with van der Waals surface area (Å²) in [6.07, 6.45) is 3.01. The molecule has 0 amide bonds. The molecule has 1 fully saturated rings. The SMILES string of the molecule is CCCN(CC1CCCN1)c1cc(F)c(Br)cc1[N+](=O)[O-]. The second kappa shape index (κ2) is 7.17. The van der Waals surface area contributed by atoms with Crippen molar-refractivity contribution in [3.8, 4) is 0 Å². The van der Waals surface area contributed by atoms with E-state index in [1.807, 2.05) is 11.8 Å². The summed E-state index contributed by atoms with van der Waals surface area (Å²) in [5.41, 5.74) is 0.297. The maximum atomic E-state index is 13.8. The number of anilines is 1. The van der Waals surface area contributed by atoms with Crippen LogP contribution < -0.4 is 10.2 Å². The van der Waals surface area contributed by atoms with Crippen molar-refractivity contribution in [1.29, 1.82) is 0 Å². The fourth-order valence-electron chi connectivity index (χ4n) is 2.68. The van der Waals surface area contributed by atoms with E-state index in [1.165, 1.54) is 12.1 Å². The first-order valence-electron chi connectivity index (χ1n) is 7.14. The molecule has 1 aromatic rings. The van der Waals surface area contributed by atoms with Gasteiger partial charge in [0.05, 0.1) is 9.40 Å². The maximum Gasteiger partial charge on any atom is 0.293 e. The van der Waals surface area contributed by atoms with Crippen molar-refractivity contribution in [2.45, 2.75) is 32.2 Å². The van der Waals surface area contributed by atoms with Crippen LogP contribution in [0.3, 0.4) is 0 Å². The molecule has 0 spiro atoms. The normalized spacial score (nSPS) is 18.0. The van der Waals surface area contributed by atoms with Crippen LogP contribution in [0.25, 0.3) is 0 Å². The molecule has 7 heteroatoms. The Morgan fingerprint density at radius 2 is 2.33 bits per heavy atom. The Kier molecular flexibility index (Phi) is 5.52. The summed E-state index contributed by atoms with van der Waals surface area (Å²) in [5, 5.41) is 14.6. The Hall–Kier alpha value is -1.21. The van der Waals surface area contributed by atoms with Crippen LogP contribution in [0.15, 0.2) is 16.6 Å². The van der Waals surface area contributed by atoms with Crippen molar-refractivity contribution in [1.82, 2.24) is 5.32 Å². The minimum atomic E-state index is -0.476. The molecule has 1 N–H and O–H groups in total. The van der Waals surface area contributed by atoms with E-state index in [1.54, 1.807) is 0 Å². The lowest BCUT2D eigenvalue weighted by molar-refractivity contribution is -0.384. The van der Waals surface area contributed by atoms with Gasteiger partial charge in [-0.05, 0) is 41.7 Å². The van der Waals surface area contributed by atoms with E-state index in [-0.39, 0.29) is 10.2 Å². The van der Waals surface area contributed by atoms with Gasteiger partial charge in [-0.25, -0.2) is 4.39 Å². The molecular weight excluding hydrogens is 341 g/mol. The molecule has 116 valence electrons. The number of nitrogens with one attached hydrogen (secondary N) is 1. The van der Waals surface area contributed by atoms with Crippen molar-refractivity contribution in [3.63, 3.8) is 0 Å². The fourth-order valence-corrected chi connectivity index (χ4v) is 3.02. The van der Waals surface area contributed by atoms with Gasteiger partial charge in [0.15, 0.2) is 0 Å². The molecule has 1 aliphatic rings. The van der Waals surface area contributed by atoms with Crippen molar-refractivity contribution < 1.29 is 9.31 Å². The Morgan fingerprint density at radius 1 is 1.57 bits per heavy atom. The molecule has 1 aliphatic heterocycles. The lowest BCUT2D eigenvalue weighted by Gasteiger charge is -2.27. The van der Waals surface area contributed by atoms with Crippen molar-refractivity contribution in [2.75, 3.05) is 24.5 Å². The Labute approximate surface area is 131 Å². The van der Waals surface area contributed by atoms with Gasteiger partial charge in [0.25, 0.3) is 5.69 Å². The number of nitro groups is 1. The third-order valence-electron chi connectivity index (χ3n) is 3.65. The summed E-state index contributed by atoms with van der Waals surface area (Å²) in [6.45, 7) is 4.31. The number of rotatable bonds is 6. The molecule has 1 heterocycles. The van der Waals surface area contributed by atoms with Gasteiger partial charge in [0.2, 0.25) is 0 Å². The van der Waals surface area contributed by atoms with Gasteiger partial charge >= 0.3 is 0 Å². The van der Waals surface area contributed by atoms with Gasteiger partial charge in [-0.1, -0.05) is 6.92 Å². The number of hydrogen-bond acceptors (Lipinski definition) is 4. The zero-order valence-electron chi connectivity index (χ0n) is 11.9. The second-order valence-corrected chi connectivity index (χ2v) is 6.11. The monoisotopic (exact) mass is 359 g/mol. The van der Waals surface area contributed by atoms with E-state index < -0.39 is 10.7 Å². The highest BCUT2D eigenvalue weighted by Crippen LogP contribution is 2.33. The van der Waals surface area contributed by atoms with E-state index in [0.717, 1.165) is 25.8 Å². The minimum Gasteiger partial charge on any atom is -0.364 e. The molecule has 1 atom stereocenters. The Balaban J connectivity index is 2.33. The van der Waals surface area contributed by atoms with Gasteiger partial charge < -0.3 is 10.2 Å². The number of nitrogens with zero attached hydrogens (tertiary/aromatic N) is 2. The highest BCUT2D eigenvalue weighted by molar-refractivity contribution is 9.10. The van der Waals surface area contributed by atoms with Crippen LogP contribution in [0.5, 0.6) is 0 Å². The number of nitro benzene ring substituents is 1. The predicted octanol–water partition coefficient (Wildman–Crippen LogP) is 3.46. The summed E-state index contributed by atoms with van der Waals surface area (Å²) in [5.74, 6) is -0.476. The summed E-state index contributed by atoms with van der Waals surface area (Å²) in [7, 11) is 0. The molecule has 5 nitrogen and oxygen atoms in total. The molecule has 0 radical (unpaired) electrons. The average molecular weight is 360 g/mol. The Morgan fingerprint density at radius 3 is 2.90 bits per heavy atom. The first-order chi connectivity index (χ1) is 10.0. The third-order valence-corrected chi connectivity index (χ3v) is 4.26. The molecular formula is C14H19BrFN3O2. The van der Waals surface area contributed by atoms with Crippen LogP contribution >= 0.6 is 15.9 Å². The molecule has 2 rings (SSSR count). The van der Waals surface area contributed by atoms with E-state index >= 15 is 0 Å². The van der Waals surface area contributed by atoms with Gasteiger partial charge in [-0.3, -0.25) is 10.1 Å². The average Bonchev–Trinajstić information content (AvgIpc) is 2.93. The maximum absolute atomic E-state index is 13.8.